The highest BCUT2D eigenvalue weighted by molar-refractivity contribution is 6.32. The Hall–Kier alpha value is -1.82. The lowest BCUT2D eigenvalue weighted by Crippen LogP contribution is -2.33. The number of imide groups is 1. The first kappa shape index (κ1) is 16.2. The number of hydrogen-bond donors (Lipinski definition) is 0. The molecule has 0 aliphatic rings. The minimum absolute atomic E-state index is 0.0280. The molecule has 0 aliphatic carbocycles. The number of halogens is 4. The van der Waals surface area contributed by atoms with Crippen molar-refractivity contribution in [2.24, 2.45) is 0 Å². The summed E-state index contributed by atoms with van der Waals surface area (Å²) in [6.07, 6.45) is -4.01. The van der Waals surface area contributed by atoms with Crippen molar-refractivity contribution in [2.75, 3.05) is 4.90 Å². The molecule has 0 radical (unpaired) electrons. The third kappa shape index (κ3) is 3.84. The summed E-state index contributed by atoms with van der Waals surface area (Å²) in [5.41, 5.74) is 0.0788. The summed E-state index contributed by atoms with van der Waals surface area (Å²) in [5, 5.41) is -1.34. The molecular formula is C13H11ClF3NO2. The van der Waals surface area contributed by atoms with Gasteiger partial charge in [-0.25, -0.2) is 0 Å². The fourth-order valence-electron chi connectivity index (χ4n) is 1.59. The van der Waals surface area contributed by atoms with Crippen molar-refractivity contribution < 1.29 is 22.8 Å². The Morgan fingerprint density at radius 1 is 1.15 bits per heavy atom. The van der Waals surface area contributed by atoms with E-state index in [4.69, 9.17) is 11.6 Å². The van der Waals surface area contributed by atoms with Crippen LogP contribution in [0.25, 0.3) is 6.08 Å². The molecule has 0 unspecified atom stereocenters. The van der Waals surface area contributed by atoms with Gasteiger partial charge < -0.3 is 0 Å². The third-order valence-electron chi connectivity index (χ3n) is 2.36. The molecule has 0 saturated carbocycles. The van der Waals surface area contributed by atoms with Gasteiger partial charge in [-0.3, -0.25) is 14.5 Å². The largest absolute Gasteiger partial charge is 0.426 e. The Kier molecular flexibility index (Phi) is 4.94. The predicted octanol–water partition coefficient (Wildman–Crippen LogP) is 3.73. The maximum Gasteiger partial charge on any atom is 0.426 e. The van der Waals surface area contributed by atoms with Crippen LogP contribution in [0.2, 0.25) is 0 Å². The molecule has 0 bridgehead atoms. The van der Waals surface area contributed by atoms with Gasteiger partial charge in [-0.1, -0.05) is 29.8 Å². The van der Waals surface area contributed by atoms with Crippen LogP contribution in [0.5, 0.6) is 0 Å². The van der Waals surface area contributed by atoms with Gasteiger partial charge in [0.05, 0.1) is 5.69 Å². The number of rotatable bonds is 2. The lowest BCUT2D eigenvalue weighted by atomic mass is 10.1. The summed E-state index contributed by atoms with van der Waals surface area (Å²) < 4.78 is 37.3. The number of hydrogen-bond acceptors (Lipinski definition) is 2. The SMILES string of the molecule is CC(=O)N(C(C)=O)c1ccccc1/C=C(\Cl)C(F)(F)F. The Bertz CT molecular complexity index is 553. The van der Waals surface area contributed by atoms with E-state index < -0.39 is 23.0 Å². The zero-order chi connectivity index (χ0) is 15.5. The molecule has 1 aromatic carbocycles. The number of carbonyl (C=O) groups is 2. The summed E-state index contributed by atoms with van der Waals surface area (Å²) in [6, 6.07) is 5.69. The van der Waals surface area contributed by atoms with Crippen LogP contribution >= 0.6 is 11.6 Å². The van der Waals surface area contributed by atoms with E-state index in [0.717, 1.165) is 18.7 Å². The maximum absolute atomic E-state index is 12.4. The molecule has 20 heavy (non-hydrogen) atoms. The van der Waals surface area contributed by atoms with E-state index in [0.29, 0.717) is 6.08 Å². The second-order valence-electron chi connectivity index (χ2n) is 3.92. The average Bonchev–Trinajstić information content (AvgIpc) is 2.29. The third-order valence-corrected chi connectivity index (χ3v) is 2.68. The van der Waals surface area contributed by atoms with Crippen LogP contribution in [0, 0.1) is 0 Å². The van der Waals surface area contributed by atoms with Gasteiger partial charge >= 0.3 is 6.18 Å². The Morgan fingerprint density at radius 2 is 1.65 bits per heavy atom. The number of carbonyl (C=O) groups excluding carboxylic acids is 2. The lowest BCUT2D eigenvalue weighted by Gasteiger charge is -2.19. The van der Waals surface area contributed by atoms with E-state index in [-0.39, 0.29) is 11.3 Å². The van der Waals surface area contributed by atoms with Crippen LogP contribution in [-0.4, -0.2) is 18.0 Å². The highest BCUT2D eigenvalue weighted by Crippen LogP contribution is 2.32. The molecule has 0 atom stereocenters. The highest BCUT2D eigenvalue weighted by Gasteiger charge is 2.32. The van der Waals surface area contributed by atoms with Crippen molar-refractivity contribution in [3.05, 3.63) is 34.9 Å². The van der Waals surface area contributed by atoms with Crippen LogP contribution in [-0.2, 0) is 9.59 Å². The van der Waals surface area contributed by atoms with Gasteiger partial charge in [0, 0.05) is 19.4 Å². The van der Waals surface area contributed by atoms with Crippen LogP contribution < -0.4 is 4.90 Å². The first-order valence-electron chi connectivity index (χ1n) is 5.49. The topological polar surface area (TPSA) is 37.4 Å². The first-order chi connectivity index (χ1) is 9.14. The number of anilines is 1. The number of alkyl halides is 3. The van der Waals surface area contributed by atoms with E-state index in [1.165, 1.54) is 24.3 Å². The number of benzene rings is 1. The van der Waals surface area contributed by atoms with Gasteiger partial charge in [-0.05, 0) is 12.1 Å². The molecule has 0 N–H and O–H groups in total. The summed E-state index contributed by atoms with van der Waals surface area (Å²) >= 11 is 5.18. The molecule has 0 fully saturated rings. The number of amides is 2. The average molecular weight is 306 g/mol. The van der Waals surface area contributed by atoms with Crippen LogP contribution in [0.3, 0.4) is 0 Å². The van der Waals surface area contributed by atoms with E-state index in [1.807, 2.05) is 0 Å². The monoisotopic (exact) mass is 305 g/mol. The molecule has 0 aromatic heterocycles. The number of allylic oxidation sites excluding steroid dienone is 1. The number of nitrogens with zero attached hydrogens (tertiary/aromatic N) is 1. The normalized spacial score (nSPS) is 12.2. The molecule has 0 aliphatic heterocycles. The second kappa shape index (κ2) is 6.09. The van der Waals surface area contributed by atoms with Crippen molar-refractivity contribution in [3.8, 4) is 0 Å². The standard InChI is InChI=1S/C13H11ClF3NO2/c1-8(19)18(9(2)20)11-6-4-3-5-10(11)7-12(14)13(15,16)17/h3-7H,1-2H3/b12-7-. The molecule has 0 saturated heterocycles. The second-order valence-corrected chi connectivity index (χ2v) is 4.33. The van der Waals surface area contributed by atoms with Crippen molar-refractivity contribution in [2.45, 2.75) is 20.0 Å². The van der Waals surface area contributed by atoms with Crippen LogP contribution in [0.15, 0.2) is 29.3 Å². The zero-order valence-corrected chi connectivity index (χ0v) is 11.4. The van der Waals surface area contributed by atoms with Gasteiger partial charge in [-0.2, -0.15) is 13.2 Å². The first-order valence-corrected chi connectivity index (χ1v) is 5.87. The van der Waals surface area contributed by atoms with E-state index >= 15 is 0 Å². The van der Waals surface area contributed by atoms with Crippen LogP contribution in [0.1, 0.15) is 19.4 Å². The molecule has 3 nitrogen and oxygen atoms in total. The summed E-state index contributed by atoms with van der Waals surface area (Å²) in [4.78, 5) is 23.7. The fraction of sp³-hybridized carbons (Fsp3) is 0.231. The van der Waals surface area contributed by atoms with Crippen molar-refractivity contribution >= 4 is 35.2 Å². The minimum Gasteiger partial charge on any atom is -0.274 e. The van der Waals surface area contributed by atoms with Gasteiger partial charge in [0.15, 0.2) is 0 Å². The number of para-hydroxylation sites is 1. The Morgan fingerprint density at radius 3 is 2.10 bits per heavy atom. The lowest BCUT2D eigenvalue weighted by molar-refractivity contribution is -0.124. The molecule has 1 rings (SSSR count). The van der Waals surface area contributed by atoms with E-state index in [1.54, 1.807) is 0 Å². The van der Waals surface area contributed by atoms with Gasteiger partial charge in [0.1, 0.15) is 5.03 Å². The van der Waals surface area contributed by atoms with Crippen molar-refractivity contribution in [1.29, 1.82) is 0 Å². The van der Waals surface area contributed by atoms with Crippen molar-refractivity contribution in [1.82, 2.24) is 0 Å². The van der Waals surface area contributed by atoms with Gasteiger partial charge in [0.2, 0.25) is 11.8 Å². The summed E-state index contributed by atoms with van der Waals surface area (Å²) in [6.45, 7) is 2.29. The molecule has 7 heteroatoms. The fourth-order valence-corrected chi connectivity index (χ4v) is 1.71. The Balaban J connectivity index is 3.38. The molecule has 108 valence electrons. The summed E-state index contributed by atoms with van der Waals surface area (Å²) in [5.74, 6) is -1.19. The van der Waals surface area contributed by atoms with Gasteiger partial charge in [0.25, 0.3) is 0 Å². The molecule has 1 aromatic rings. The maximum atomic E-state index is 12.4. The Labute approximate surface area is 118 Å². The van der Waals surface area contributed by atoms with E-state index in [2.05, 4.69) is 0 Å². The molecule has 2 amide bonds. The minimum atomic E-state index is -4.69. The molecular weight excluding hydrogens is 295 g/mol. The molecule has 0 spiro atoms. The van der Waals surface area contributed by atoms with Crippen LogP contribution in [0.4, 0.5) is 18.9 Å². The quantitative estimate of drug-likeness (QED) is 0.835. The zero-order valence-electron chi connectivity index (χ0n) is 10.7. The molecule has 0 heterocycles. The smallest absolute Gasteiger partial charge is 0.274 e. The summed E-state index contributed by atoms with van der Waals surface area (Å²) in [7, 11) is 0. The van der Waals surface area contributed by atoms with Gasteiger partial charge in [-0.15, -0.1) is 0 Å². The van der Waals surface area contributed by atoms with E-state index in [9.17, 15) is 22.8 Å². The predicted molar refractivity (Wildman–Crippen MR) is 70.2 cm³/mol. The highest BCUT2D eigenvalue weighted by atomic mass is 35.5. The van der Waals surface area contributed by atoms with Crippen molar-refractivity contribution in [3.63, 3.8) is 0 Å².